The first-order valence-corrected chi connectivity index (χ1v) is 10.9. The monoisotopic (exact) mass is 424 g/mol. The minimum Gasteiger partial charge on any atom is -0.355 e. The van der Waals surface area contributed by atoms with Crippen molar-refractivity contribution in [2.45, 2.75) is 24.9 Å². The third kappa shape index (κ3) is 4.07. The van der Waals surface area contributed by atoms with Crippen LogP contribution < -0.4 is 11.1 Å². The van der Waals surface area contributed by atoms with E-state index in [0.717, 1.165) is 22.4 Å². The second-order valence-electron chi connectivity index (χ2n) is 7.79. The molecule has 1 heterocycles. The maximum absolute atomic E-state index is 12.1. The van der Waals surface area contributed by atoms with Crippen LogP contribution in [-0.4, -0.2) is 28.0 Å². The number of benzene rings is 3. The zero-order valence-corrected chi connectivity index (χ0v) is 18.2. The van der Waals surface area contributed by atoms with Crippen LogP contribution in [0.4, 0.5) is 0 Å². The Morgan fingerprint density at radius 2 is 1.38 bits per heavy atom. The topological polar surface area (TPSA) is 72.9 Å². The molecular weight excluding hydrogens is 396 g/mol. The number of carbonyl (C=O) groups excluding carboxylic acids is 1. The van der Waals surface area contributed by atoms with Gasteiger partial charge in [0.05, 0.1) is 18.1 Å². The number of hydrogen-bond donors (Lipinski definition) is 2. The number of carbonyl (C=O) groups is 1. The summed E-state index contributed by atoms with van der Waals surface area (Å²) in [5, 5.41) is 2.78. The van der Waals surface area contributed by atoms with Gasteiger partial charge in [-0.25, -0.2) is 4.98 Å². The summed E-state index contributed by atoms with van der Waals surface area (Å²) in [5.41, 5.74) is 9.64. The van der Waals surface area contributed by atoms with Crippen LogP contribution in [-0.2, 0) is 16.8 Å². The van der Waals surface area contributed by atoms with E-state index in [1.54, 1.807) is 0 Å². The Hall–Kier alpha value is -3.70. The minimum absolute atomic E-state index is 0.164. The molecule has 162 valence electrons. The van der Waals surface area contributed by atoms with Crippen LogP contribution in [0.2, 0.25) is 0 Å². The summed E-state index contributed by atoms with van der Waals surface area (Å²) in [5.74, 6) is -0.164. The van der Waals surface area contributed by atoms with Crippen LogP contribution in [0.1, 0.15) is 29.3 Å². The standard InChI is InChI=1S/C27H28N4O/c1-2-29-26(32)25(28)18-24-19-31(20-30-24)27(21-12-6-3-7-13-21,22-14-8-4-9-15-22)23-16-10-5-11-17-23/h3-17,19-20,25H,2,18,28H2,1H3,(H,29,32)/t25-/m0/s1. The van der Waals surface area contributed by atoms with E-state index >= 15 is 0 Å². The highest BCUT2D eigenvalue weighted by molar-refractivity contribution is 5.81. The van der Waals surface area contributed by atoms with E-state index < -0.39 is 11.6 Å². The molecule has 4 aromatic rings. The van der Waals surface area contributed by atoms with Crippen LogP contribution in [0.5, 0.6) is 0 Å². The normalized spacial score (nSPS) is 12.3. The molecule has 0 bridgehead atoms. The molecule has 0 spiro atoms. The van der Waals surface area contributed by atoms with Gasteiger partial charge in [-0.05, 0) is 23.6 Å². The molecule has 5 heteroatoms. The maximum atomic E-state index is 12.1. The van der Waals surface area contributed by atoms with Gasteiger partial charge >= 0.3 is 0 Å². The van der Waals surface area contributed by atoms with E-state index in [2.05, 4.69) is 87.7 Å². The predicted molar refractivity (Wildman–Crippen MR) is 127 cm³/mol. The molecule has 0 unspecified atom stereocenters. The number of likely N-dealkylation sites (N-methyl/N-ethyl adjacent to an activating group) is 1. The molecule has 0 radical (unpaired) electrons. The predicted octanol–water partition coefficient (Wildman–Crippen LogP) is 3.73. The molecule has 4 rings (SSSR count). The summed E-state index contributed by atoms with van der Waals surface area (Å²) in [6, 6.07) is 30.6. The average molecular weight is 425 g/mol. The molecular formula is C27H28N4O. The Morgan fingerprint density at radius 3 is 1.81 bits per heavy atom. The summed E-state index contributed by atoms with van der Waals surface area (Å²) < 4.78 is 2.13. The van der Waals surface area contributed by atoms with Crippen LogP contribution in [0.15, 0.2) is 104 Å². The Bertz CT molecular complexity index is 1040. The van der Waals surface area contributed by atoms with E-state index in [0.29, 0.717) is 13.0 Å². The maximum Gasteiger partial charge on any atom is 0.237 e. The first-order chi connectivity index (χ1) is 15.7. The fraction of sp³-hybridized carbons (Fsp3) is 0.185. The van der Waals surface area contributed by atoms with Crippen molar-refractivity contribution in [1.29, 1.82) is 0 Å². The highest BCUT2D eigenvalue weighted by atomic mass is 16.2. The number of aromatic nitrogens is 2. The van der Waals surface area contributed by atoms with Crippen LogP contribution >= 0.6 is 0 Å². The lowest BCUT2D eigenvalue weighted by atomic mass is 9.77. The molecule has 0 fully saturated rings. The Kier molecular flexibility index (Phi) is 6.47. The van der Waals surface area contributed by atoms with Crippen molar-refractivity contribution >= 4 is 5.91 Å². The van der Waals surface area contributed by atoms with Gasteiger partial charge in [0.25, 0.3) is 0 Å². The van der Waals surface area contributed by atoms with Crippen molar-refractivity contribution in [1.82, 2.24) is 14.9 Å². The van der Waals surface area contributed by atoms with E-state index in [9.17, 15) is 4.79 Å². The van der Waals surface area contributed by atoms with Crippen LogP contribution in [0, 0.1) is 0 Å². The molecule has 32 heavy (non-hydrogen) atoms. The van der Waals surface area contributed by atoms with Gasteiger partial charge in [-0.2, -0.15) is 0 Å². The summed E-state index contributed by atoms with van der Waals surface area (Å²) in [6.07, 6.45) is 4.21. The molecule has 0 aliphatic carbocycles. The highest BCUT2D eigenvalue weighted by Crippen LogP contribution is 2.40. The van der Waals surface area contributed by atoms with E-state index in [1.165, 1.54) is 0 Å². The first kappa shape index (κ1) is 21.5. The molecule has 1 amide bonds. The smallest absolute Gasteiger partial charge is 0.237 e. The zero-order valence-electron chi connectivity index (χ0n) is 18.2. The summed E-state index contributed by atoms with van der Waals surface area (Å²) in [6.45, 7) is 2.44. The van der Waals surface area contributed by atoms with Crippen molar-refractivity contribution in [2.24, 2.45) is 5.73 Å². The zero-order chi connectivity index (χ0) is 22.4. The lowest BCUT2D eigenvalue weighted by Crippen LogP contribution is -2.42. The average Bonchev–Trinajstić information content (AvgIpc) is 3.30. The van der Waals surface area contributed by atoms with Gasteiger partial charge in [0.15, 0.2) is 0 Å². The first-order valence-electron chi connectivity index (χ1n) is 10.9. The fourth-order valence-electron chi connectivity index (χ4n) is 4.26. The van der Waals surface area contributed by atoms with Gasteiger partial charge in [0, 0.05) is 19.2 Å². The van der Waals surface area contributed by atoms with Gasteiger partial charge in [-0.15, -0.1) is 0 Å². The molecule has 1 atom stereocenters. The number of nitrogens with one attached hydrogen (secondary N) is 1. The van der Waals surface area contributed by atoms with Gasteiger partial charge in [0.1, 0.15) is 5.54 Å². The van der Waals surface area contributed by atoms with Gasteiger partial charge in [-0.3, -0.25) is 4.79 Å². The van der Waals surface area contributed by atoms with E-state index in [1.807, 2.05) is 37.6 Å². The van der Waals surface area contributed by atoms with Crippen molar-refractivity contribution < 1.29 is 4.79 Å². The van der Waals surface area contributed by atoms with Gasteiger partial charge < -0.3 is 15.6 Å². The number of nitrogens with two attached hydrogens (primary N) is 1. The van der Waals surface area contributed by atoms with Gasteiger partial charge in [-0.1, -0.05) is 91.0 Å². The molecule has 5 nitrogen and oxygen atoms in total. The number of nitrogens with zero attached hydrogens (tertiary/aromatic N) is 2. The summed E-state index contributed by atoms with van der Waals surface area (Å²) >= 11 is 0. The Balaban J connectivity index is 1.88. The SMILES string of the molecule is CCNC(=O)[C@@H](N)Cc1cn(C(c2ccccc2)(c2ccccc2)c2ccccc2)cn1. The molecule has 0 saturated carbocycles. The Labute approximate surface area is 188 Å². The number of imidazole rings is 1. The van der Waals surface area contributed by atoms with Crippen molar-refractivity contribution in [3.8, 4) is 0 Å². The van der Waals surface area contributed by atoms with Crippen molar-refractivity contribution in [3.63, 3.8) is 0 Å². The molecule has 1 aromatic heterocycles. The Morgan fingerprint density at radius 1 is 0.906 bits per heavy atom. The third-order valence-electron chi connectivity index (χ3n) is 5.71. The minimum atomic E-state index is -0.641. The van der Waals surface area contributed by atoms with Crippen LogP contribution in [0.3, 0.4) is 0 Å². The summed E-state index contributed by atoms with van der Waals surface area (Å²) in [4.78, 5) is 16.8. The quantitative estimate of drug-likeness (QED) is 0.423. The third-order valence-corrected chi connectivity index (χ3v) is 5.71. The van der Waals surface area contributed by atoms with Crippen molar-refractivity contribution in [2.75, 3.05) is 6.54 Å². The second-order valence-corrected chi connectivity index (χ2v) is 7.79. The lowest BCUT2D eigenvalue weighted by Gasteiger charge is -2.37. The number of hydrogen-bond acceptors (Lipinski definition) is 3. The lowest BCUT2D eigenvalue weighted by molar-refractivity contribution is -0.122. The molecule has 0 aliphatic heterocycles. The molecule has 3 aromatic carbocycles. The van der Waals surface area contributed by atoms with Crippen LogP contribution in [0.25, 0.3) is 0 Å². The number of amides is 1. The van der Waals surface area contributed by atoms with E-state index in [-0.39, 0.29) is 5.91 Å². The molecule has 0 saturated heterocycles. The fourth-order valence-corrected chi connectivity index (χ4v) is 4.26. The number of rotatable bonds is 8. The largest absolute Gasteiger partial charge is 0.355 e. The summed E-state index contributed by atoms with van der Waals surface area (Å²) in [7, 11) is 0. The highest BCUT2D eigenvalue weighted by Gasteiger charge is 2.38. The molecule has 0 aliphatic rings. The van der Waals surface area contributed by atoms with E-state index in [4.69, 9.17) is 5.73 Å². The second kappa shape index (κ2) is 9.62. The van der Waals surface area contributed by atoms with Gasteiger partial charge in [0.2, 0.25) is 5.91 Å². The van der Waals surface area contributed by atoms with Crippen molar-refractivity contribution in [3.05, 3.63) is 126 Å². The molecule has 3 N–H and O–H groups in total.